The average Bonchev–Trinajstić information content (AvgIpc) is 2.98. The molecule has 1 aromatic carbocycles. The lowest BCUT2D eigenvalue weighted by atomic mass is 10.1. The lowest BCUT2D eigenvalue weighted by Crippen LogP contribution is -2.30. The van der Waals surface area contributed by atoms with Gasteiger partial charge in [0.15, 0.2) is 0 Å². The van der Waals surface area contributed by atoms with Crippen molar-refractivity contribution >= 4 is 17.3 Å². The molecule has 2 N–H and O–H groups in total. The fourth-order valence-corrected chi connectivity index (χ4v) is 2.32. The largest absolute Gasteiger partial charge is 0.381 e. The Morgan fingerprint density at radius 1 is 1.52 bits per heavy atom. The molecular weight excluding hydrogens is 274 g/mol. The Morgan fingerprint density at radius 2 is 2.33 bits per heavy atom. The first-order chi connectivity index (χ1) is 10.1. The highest BCUT2D eigenvalue weighted by Gasteiger charge is 2.22. The molecule has 0 aromatic heterocycles. The van der Waals surface area contributed by atoms with E-state index < -0.39 is 4.92 Å². The van der Waals surface area contributed by atoms with Crippen molar-refractivity contribution in [2.45, 2.75) is 13.3 Å². The van der Waals surface area contributed by atoms with Crippen LogP contribution in [0.15, 0.2) is 18.2 Å². The van der Waals surface area contributed by atoms with Gasteiger partial charge >= 0.3 is 0 Å². The zero-order valence-corrected chi connectivity index (χ0v) is 11.9. The van der Waals surface area contributed by atoms with Crippen molar-refractivity contribution < 1.29 is 14.5 Å². The van der Waals surface area contributed by atoms with Crippen molar-refractivity contribution in [3.63, 3.8) is 0 Å². The molecule has 0 radical (unpaired) electrons. The lowest BCUT2D eigenvalue weighted by Gasteiger charge is -2.13. The number of hydrogen-bond acceptors (Lipinski definition) is 5. The number of rotatable bonds is 6. The van der Waals surface area contributed by atoms with Gasteiger partial charge in [0.05, 0.1) is 17.1 Å². The number of carbonyl (C=O) groups excluding carboxylic acids is 1. The molecule has 21 heavy (non-hydrogen) atoms. The third-order valence-corrected chi connectivity index (χ3v) is 3.41. The van der Waals surface area contributed by atoms with Crippen LogP contribution in [0.25, 0.3) is 0 Å². The van der Waals surface area contributed by atoms with Crippen LogP contribution in [0.3, 0.4) is 0 Å². The van der Waals surface area contributed by atoms with Gasteiger partial charge in [-0.15, -0.1) is 0 Å². The van der Waals surface area contributed by atoms with Gasteiger partial charge in [0, 0.05) is 31.7 Å². The summed E-state index contributed by atoms with van der Waals surface area (Å²) in [6.45, 7) is 4.22. The van der Waals surface area contributed by atoms with Gasteiger partial charge in [0.2, 0.25) is 0 Å². The standard InChI is InChI=1S/C14H19N3O4/c1-2-15-13-11(4-3-5-12(13)17(19)20)14(18)16-8-10-6-7-21-9-10/h3-5,10,15H,2,6-9H2,1H3,(H,16,18). The summed E-state index contributed by atoms with van der Waals surface area (Å²) < 4.78 is 5.26. The Hall–Kier alpha value is -2.15. The molecule has 1 aliphatic heterocycles. The van der Waals surface area contributed by atoms with Crippen LogP contribution in [0.1, 0.15) is 23.7 Å². The van der Waals surface area contributed by atoms with Crippen LogP contribution < -0.4 is 10.6 Å². The second-order valence-electron chi connectivity index (χ2n) is 4.93. The van der Waals surface area contributed by atoms with E-state index in [1.54, 1.807) is 6.07 Å². The normalized spacial score (nSPS) is 17.5. The molecule has 2 rings (SSSR count). The van der Waals surface area contributed by atoms with Gasteiger partial charge in [0.25, 0.3) is 11.6 Å². The lowest BCUT2D eigenvalue weighted by molar-refractivity contribution is -0.384. The number of nitrogens with zero attached hydrogens (tertiary/aromatic N) is 1. The SMILES string of the molecule is CCNc1c(C(=O)NCC2CCOC2)cccc1[N+](=O)[O-]. The minimum Gasteiger partial charge on any atom is -0.381 e. The molecule has 1 amide bonds. The van der Waals surface area contributed by atoms with E-state index in [9.17, 15) is 14.9 Å². The zero-order chi connectivity index (χ0) is 15.2. The quantitative estimate of drug-likeness (QED) is 0.616. The molecule has 0 saturated carbocycles. The Labute approximate surface area is 122 Å². The second-order valence-corrected chi connectivity index (χ2v) is 4.93. The molecule has 0 spiro atoms. The number of carbonyl (C=O) groups is 1. The molecule has 1 heterocycles. The molecular formula is C14H19N3O4. The number of amides is 1. The van der Waals surface area contributed by atoms with Gasteiger partial charge in [0.1, 0.15) is 5.69 Å². The minimum absolute atomic E-state index is 0.0892. The van der Waals surface area contributed by atoms with E-state index in [1.807, 2.05) is 6.92 Å². The first-order valence-corrected chi connectivity index (χ1v) is 7.00. The second kappa shape index (κ2) is 7.03. The molecule has 7 heteroatoms. The molecule has 0 bridgehead atoms. The van der Waals surface area contributed by atoms with Gasteiger partial charge in [-0.25, -0.2) is 0 Å². The van der Waals surface area contributed by atoms with E-state index in [0.29, 0.717) is 31.2 Å². The van der Waals surface area contributed by atoms with E-state index in [2.05, 4.69) is 10.6 Å². The Morgan fingerprint density at radius 3 is 2.95 bits per heavy atom. The highest BCUT2D eigenvalue weighted by Crippen LogP contribution is 2.28. The average molecular weight is 293 g/mol. The Bertz CT molecular complexity index is 527. The first-order valence-electron chi connectivity index (χ1n) is 7.00. The maximum absolute atomic E-state index is 12.3. The molecule has 114 valence electrons. The predicted octanol–water partition coefficient (Wildman–Crippen LogP) is 1.79. The number of para-hydroxylation sites is 1. The van der Waals surface area contributed by atoms with Gasteiger partial charge in [-0.05, 0) is 19.4 Å². The van der Waals surface area contributed by atoms with Crippen molar-refractivity contribution in [2.75, 3.05) is 31.6 Å². The summed E-state index contributed by atoms with van der Waals surface area (Å²) >= 11 is 0. The van der Waals surface area contributed by atoms with Crippen LogP contribution in [-0.2, 0) is 4.74 Å². The van der Waals surface area contributed by atoms with Crippen LogP contribution in [0.2, 0.25) is 0 Å². The van der Waals surface area contributed by atoms with E-state index in [1.165, 1.54) is 12.1 Å². The number of nitrogens with one attached hydrogen (secondary N) is 2. The van der Waals surface area contributed by atoms with Crippen molar-refractivity contribution in [3.8, 4) is 0 Å². The maximum Gasteiger partial charge on any atom is 0.293 e. The van der Waals surface area contributed by atoms with Crippen LogP contribution in [0.4, 0.5) is 11.4 Å². The molecule has 1 fully saturated rings. The highest BCUT2D eigenvalue weighted by molar-refractivity contribution is 6.01. The zero-order valence-electron chi connectivity index (χ0n) is 11.9. The fraction of sp³-hybridized carbons (Fsp3) is 0.500. The Balaban J connectivity index is 2.14. The van der Waals surface area contributed by atoms with Gasteiger partial charge in [-0.2, -0.15) is 0 Å². The molecule has 1 aliphatic rings. The predicted molar refractivity (Wildman–Crippen MR) is 78.5 cm³/mol. The summed E-state index contributed by atoms with van der Waals surface area (Å²) in [5.74, 6) is 0.0109. The third-order valence-electron chi connectivity index (χ3n) is 3.41. The summed E-state index contributed by atoms with van der Waals surface area (Å²) in [5, 5.41) is 16.8. The number of hydrogen-bond donors (Lipinski definition) is 2. The van der Waals surface area contributed by atoms with Gasteiger partial charge in [-0.1, -0.05) is 6.07 Å². The van der Waals surface area contributed by atoms with E-state index in [-0.39, 0.29) is 17.3 Å². The molecule has 7 nitrogen and oxygen atoms in total. The minimum atomic E-state index is -0.487. The number of anilines is 1. The van der Waals surface area contributed by atoms with Crippen LogP contribution >= 0.6 is 0 Å². The number of benzene rings is 1. The first kappa shape index (κ1) is 15.2. The number of ether oxygens (including phenoxy) is 1. The number of nitro groups is 1. The molecule has 1 atom stereocenters. The maximum atomic E-state index is 12.3. The molecule has 1 aromatic rings. The van der Waals surface area contributed by atoms with Gasteiger partial charge < -0.3 is 15.4 Å². The summed E-state index contributed by atoms with van der Waals surface area (Å²) in [4.78, 5) is 22.8. The van der Waals surface area contributed by atoms with Crippen molar-refractivity contribution in [3.05, 3.63) is 33.9 Å². The highest BCUT2D eigenvalue weighted by atomic mass is 16.6. The Kier molecular flexibility index (Phi) is 5.10. The monoisotopic (exact) mass is 293 g/mol. The van der Waals surface area contributed by atoms with Gasteiger partial charge in [-0.3, -0.25) is 14.9 Å². The summed E-state index contributed by atoms with van der Waals surface area (Å²) in [6.07, 6.45) is 0.926. The van der Waals surface area contributed by atoms with E-state index >= 15 is 0 Å². The molecule has 0 aliphatic carbocycles. The van der Waals surface area contributed by atoms with Crippen molar-refractivity contribution in [1.29, 1.82) is 0 Å². The van der Waals surface area contributed by atoms with Crippen molar-refractivity contribution in [1.82, 2.24) is 5.32 Å². The third kappa shape index (κ3) is 3.69. The fourth-order valence-electron chi connectivity index (χ4n) is 2.32. The van der Waals surface area contributed by atoms with Crippen LogP contribution in [0, 0.1) is 16.0 Å². The topological polar surface area (TPSA) is 93.5 Å². The summed E-state index contributed by atoms with van der Waals surface area (Å²) in [6, 6.07) is 4.50. The molecule has 1 saturated heterocycles. The summed E-state index contributed by atoms with van der Waals surface area (Å²) in [7, 11) is 0. The van der Waals surface area contributed by atoms with Crippen LogP contribution in [-0.4, -0.2) is 37.1 Å². The number of nitro benzene ring substituents is 1. The van der Waals surface area contributed by atoms with Crippen LogP contribution in [0.5, 0.6) is 0 Å². The molecule has 1 unspecified atom stereocenters. The van der Waals surface area contributed by atoms with E-state index in [4.69, 9.17) is 4.74 Å². The van der Waals surface area contributed by atoms with E-state index in [0.717, 1.165) is 13.0 Å². The van der Waals surface area contributed by atoms with Crippen molar-refractivity contribution in [2.24, 2.45) is 5.92 Å². The smallest absolute Gasteiger partial charge is 0.293 e. The summed E-state index contributed by atoms with van der Waals surface area (Å²) in [5.41, 5.74) is 0.476.